The van der Waals surface area contributed by atoms with Crippen molar-refractivity contribution >= 4 is 35.1 Å². The Labute approximate surface area is 220 Å². The summed E-state index contributed by atoms with van der Waals surface area (Å²) in [5.41, 5.74) is 1.20. The van der Waals surface area contributed by atoms with E-state index in [4.69, 9.17) is 28.2 Å². The predicted octanol–water partition coefficient (Wildman–Crippen LogP) is 6.24. The molecule has 0 bridgehead atoms. The van der Waals surface area contributed by atoms with Crippen LogP contribution in [0.15, 0.2) is 72.9 Å². The third-order valence-corrected chi connectivity index (χ3v) is 8.34. The molecule has 0 spiro atoms. The molecule has 4 atom stereocenters. The maximum absolute atomic E-state index is 13.7. The minimum Gasteiger partial charge on any atom is -0.481 e. The van der Waals surface area contributed by atoms with Crippen molar-refractivity contribution in [2.75, 3.05) is 0 Å². The van der Waals surface area contributed by atoms with Crippen LogP contribution in [-0.4, -0.2) is 28.0 Å². The highest BCUT2D eigenvalue weighted by Gasteiger charge is 2.60. The molecule has 2 aliphatic rings. The van der Waals surface area contributed by atoms with Crippen molar-refractivity contribution in [2.45, 2.75) is 50.0 Å². The summed E-state index contributed by atoms with van der Waals surface area (Å²) in [6.45, 7) is 1.74. The highest BCUT2D eigenvalue weighted by molar-refractivity contribution is 6.30. The van der Waals surface area contributed by atoms with Gasteiger partial charge in [-0.05, 0) is 72.7 Å². The van der Waals surface area contributed by atoms with E-state index in [1.54, 1.807) is 13.1 Å². The monoisotopic (exact) mass is 522 g/mol. The minimum atomic E-state index is -1.06. The quantitative estimate of drug-likeness (QED) is 0.385. The third kappa shape index (κ3) is 4.39. The number of aromatic nitrogens is 1. The molecule has 4 unspecified atom stereocenters. The first-order chi connectivity index (χ1) is 17.2. The molecule has 2 fully saturated rings. The van der Waals surface area contributed by atoms with E-state index in [9.17, 15) is 14.7 Å². The predicted molar refractivity (Wildman–Crippen MR) is 140 cm³/mol. The number of halogens is 2. The standard InChI is InChI=1S/C29H28Cl2N2O3/c1-28(17-25(34)35)16-23(18-5-4-6-22(31)15-18)26(33-27(28)36)29(19-8-9-19,24-7-2-3-14-32-24)20-10-12-21(30)13-11-20/h2-7,10-15,19,23,26H,8-9,16-17H2,1H3,(H,33,36)(H,34,35). The van der Waals surface area contributed by atoms with E-state index in [1.165, 1.54) is 0 Å². The van der Waals surface area contributed by atoms with Gasteiger partial charge in [-0.25, -0.2) is 0 Å². The Balaban J connectivity index is 1.75. The molecule has 1 aliphatic carbocycles. The first-order valence-electron chi connectivity index (χ1n) is 12.2. The Bertz CT molecular complexity index is 1280. The van der Waals surface area contributed by atoms with Gasteiger partial charge in [-0.3, -0.25) is 14.6 Å². The van der Waals surface area contributed by atoms with Gasteiger partial charge in [0.2, 0.25) is 5.91 Å². The van der Waals surface area contributed by atoms with Crippen LogP contribution in [0.5, 0.6) is 0 Å². The fraction of sp³-hybridized carbons (Fsp3) is 0.345. The van der Waals surface area contributed by atoms with Crippen LogP contribution in [-0.2, 0) is 15.0 Å². The molecule has 36 heavy (non-hydrogen) atoms. The summed E-state index contributed by atoms with van der Waals surface area (Å²) < 4.78 is 0. The molecule has 1 saturated heterocycles. The van der Waals surface area contributed by atoms with Crippen molar-refractivity contribution in [2.24, 2.45) is 11.3 Å². The van der Waals surface area contributed by atoms with E-state index >= 15 is 0 Å². The summed E-state index contributed by atoms with van der Waals surface area (Å²) in [5, 5.41) is 14.2. The van der Waals surface area contributed by atoms with E-state index < -0.39 is 16.8 Å². The number of carboxylic acids is 1. The molecule has 2 aromatic carbocycles. The van der Waals surface area contributed by atoms with Gasteiger partial charge in [-0.2, -0.15) is 0 Å². The average Bonchev–Trinajstić information content (AvgIpc) is 3.69. The van der Waals surface area contributed by atoms with Gasteiger partial charge in [0, 0.05) is 22.2 Å². The highest BCUT2D eigenvalue weighted by Crippen LogP contribution is 2.58. The number of benzene rings is 2. The van der Waals surface area contributed by atoms with E-state index in [1.807, 2.05) is 66.7 Å². The van der Waals surface area contributed by atoms with Gasteiger partial charge in [0.15, 0.2) is 0 Å². The molecule has 2 N–H and O–H groups in total. The lowest BCUT2D eigenvalue weighted by Crippen LogP contribution is -2.62. The van der Waals surface area contributed by atoms with Crippen LogP contribution in [0.4, 0.5) is 0 Å². The molecule has 1 saturated carbocycles. The molecule has 5 rings (SSSR count). The zero-order chi connectivity index (χ0) is 25.5. The number of amides is 1. The molecule has 1 amide bonds. The van der Waals surface area contributed by atoms with Gasteiger partial charge in [-0.15, -0.1) is 0 Å². The second kappa shape index (κ2) is 9.53. The van der Waals surface area contributed by atoms with Crippen LogP contribution < -0.4 is 5.32 Å². The smallest absolute Gasteiger partial charge is 0.304 e. The maximum Gasteiger partial charge on any atom is 0.304 e. The third-order valence-electron chi connectivity index (χ3n) is 7.85. The zero-order valence-electron chi connectivity index (χ0n) is 20.0. The summed E-state index contributed by atoms with van der Waals surface area (Å²) in [6.07, 6.45) is 3.92. The number of aliphatic carboxylic acids is 1. The summed E-state index contributed by atoms with van der Waals surface area (Å²) in [4.78, 5) is 30.3. The van der Waals surface area contributed by atoms with Gasteiger partial charge in [0.1, 0.15) is 0 Å². The van der Waals surface area contributed by atoms with Crippen LogP contribution in [0.2, 0.25) is 10.0 Å². The Morgan fingerprint density at radius 3 is 2.44 bits per heavy atom. The van der Waals surface area contributed by atoms with Crippen molar-refractivity contribution in [3.8, 4) is 0 Å². The lowest BCUT2D eigenvalue weighted by atomic mass is 9.58. The van der Waals surface area contributed by atoms with Crippen molar-refractivity contribution in [1.29, 1.82) is 0 Å². The number of rotatable bonds is 7. The first kappa shape index (κ1) is 24.8. The van der Waals surface area contributed by atoms with Crippen LogP contribution in [0.25, 0.3) is 0 Å². The number of piperidine rings is 1. The summed E-state index contributed by atoms with van der Waals surface area (Å²) in [6, 6.07) is 21.0. The minimum absolute atomic E-state index is 0.191. The van der Waals surface area contributed by atoms with Gasteiger partial charge in [0.25, 0.3) is 0 Å². The number of hydrogen-bond acceptors (Lipinski definition) is 3. The summed E-state index contributed by atoms with van der Waals surface area (Å²) in [5.74, 6) is -1.18. The molecule has 5 nitrogen and oxygen atoms in total. The molecule has 1 aromatic heterocycles. The summed E-state index contributed by atoms with van der Waals surface area (Å²) >= 11 is 12.7. The second-order valence-electron chi connectivity index (χ2n) is 10.3. The van der Waals surface area contributed by atoms with Gasteiger partial charge in [-0.1, -0.05) is 60.5 Å². The largest absolute Gasteiger partial charge is 0.481 e. The molecule has 0 radical (unpaired) electrons. The van der Waals surface area contributed by atoms with E-state index in [-0.39, 0.29) is 30.2 Å². The Kier molecular flexibility index (Phi) is 6.56. The van der Waals surface area contributed by atoms with Crippen molar-refractivity contribution in [1.82, 2.24) is 10.3 Å². The number of nitrogens with one attached hydrogen (secondary N) is 1. The summed E-state index contributed by atoms with van der Waals surface area (Å²) in [7, 11) is 0. The van der Waals surface area contributed by atoms with Crippen LogP contribution in [0.1, 0.15) is 55.3 Å². The number of hydrogen-bond donors (Lipinski definition) is 2. The van der Waals surface area contributed by atoms with Crippen LogP contribution >= 0.6 is 23.2 Å². The lowest BCUT2D eigenvalue weighted by molar-refractivity contribution is -0.148. The van der Waals surface area contributed by atoms with Gasteiger partial charge in [0.05, 0.1) is 29.0 Å². The van der Waals surface area contributed by atoms with Gasteiger partial charge >= 0.3 is 5.97 Å². The van der Waals surface area contributed by atoms with Crippen molar-refractivity contribution < 1.29 is 14.7 Å². The Morgan fingerprint density at radius 2 is 1.83 bits per heavy atom. The Hall–Kier alpha value is -2.89. The van der Waals surface area contributed by atoms with E-state index in [0.29, 0.717) is 16.5 Å². The normalized spacial score (nSPS) is 25.6. The zero-order valence-corrected chi connectivity index (χ0v) is 21.5. The fourth-order valence-electron chi connectivity index (χ4n) is 6.13. The molecule has 3 aromatic rings. The van der Waals surface area contributed by atoms with Gasteiger partial charge < -0.3 is 10.4 Å². The highest BCUT2D eigenvalue weighted by atomic mass is 35.5. The number of pyridine rings is 1. The fourth-order valence-corrected chi connectivity index (χ4v) is 6.46. The first-order valence-corrected chi connectivity index (χ1v) is 13.0. The van der Waals surface area contributed by atoms with Crippen molar-refractivity contribution in [3.05, 3.63) is 99.8 Å². The number of carboxylic acid groups (broad SMARTS) is 1. The van der Waals surface area contributed by atoms with Crippen LogP contribution in [0.3, 0.4) is 0 Å². The maximum atomic E-state index is 13.7. The lowest BCUT2D eigenvalue weighted by Gasteiger charge is -2.51. The molecular formula is C29H28Cl2N2O3. The van der Waals surface area contributed by atoms with Crippen LogP contribution in [0, 0.1) is 11.3 Å². The van der Waals surface area contributed by atoms with E-state index in [2.05, 4.69) is 5.32 Å². The van der Waals surface area contributed by atoms with Crippen molar-refractivity contribution in [3.63, 3.8) is 0 Å². The number of carbonyl (C=O) groups is 2. The molecule has 1 aliphatic heterocycles. The van der Waals surface area contributed by atoms with E-state index in [0.717, 1.165) is 29.7 Å². The average molecular weight is 523 g/mol. The molecule has 186 valence electrons. The number of nitrogens with zero attached hydrogens (tertiary/aromatic N) is 1. The second-order valence-corrected chi connectivity index (χ2v) is 11.2. The Morgan fingerprint density at radius 1 is 1.08 bits per heavy atom. The SMILES string of the molecule is CC1(CC(=O)O)CC(c2cccc(Cl)c2)C(C(c2ccc(Cl)cc2)(c2ccccn2)C2CC2)NC1=O. The number of carbonyl (C=O) groups excluding carboxylic acids is 1. The molecular weight excluding hydrogens is 495 g/mol. The topological polar surface area (TPSA) is 79.3 Å². The molecule has 7 heteroatoms. The molecule has 2 heterocycles.